The van der Waals surface area contributed by atoms with Crippen LogP contribution in [0.5, 0.6) is 0 Å². The first-order chi connectivity index (χ1) is 9.38. The predicted octanol–water partition coefficient (Wildman–Crippen LogP) is 1.73. The molecule has 1 aliphatic rings. The fourth-order valence-electron chi connectivity index (χ4n) is 2.67. The van der Waals surface area contributed by atoms with E-state index in [1.807, 2.05) is 13.8 Å². The zero-order chi connectivity index (χ0) is 14.9. The van der Waals surface area contributed by atoms with Gasteiger partial charge in [0.25, 0.3) is 0 Å². The Kier molecular flexibility index (Phi) is 4.25. The number of hydrogen-bond donors (Lipinski definition) is 1. The van der Waals surface area contributed by atoms with Gasteiger partial charge in [0.2, 0.25) is 0 Å². The van der Waals surface area contributed by atoms with Crippen LogP contribution in [0.4, 0.5) is 5.82 Å². The summed E-state index contributed by atoms with van der Waals surface area (Å²) < 4.78 is 5.63. The molecule has 0 aromatic carbocycles. The SMILES string of the molecule is COC1(C)CCCN(c2nnc(C)c(C)c2C(N)=S)C1. The van der Waals surface area contributed by atoms with Gasteiger partial charge in [-0.3, -0.25) is 0 Å². The monoisotopic (exact) mass is 294 g/mol. The van der Waals surface area contributed by atoms with Crippen molar-refractivity contribution in [1.82, 2.24) is 10.2 Å². The second kappa shape index (κ2) is 5.61. The van der Waals surface area contributed by atoms with Crippen molar-refractivity contribution in [2.24, 2.45) is 5.73 Å². The molecule has 6 heteroatoms. The molecule has 1 aliphatic heterocycles. The van der Waals surface area contributed by atoms with Gasteiger partial charge in [0.1, 0.15) is 4.99 Å². The maximum absolute atomic E-state index is 5.90. The molecule has 1 aromatic heterocycles. The minimum Gasteiger partial charge on any atom is -0.389 e. The lowest BCUT2D eigenvalue weighted by Gasteiger charge is -2.40. The smallest absolute Gasteiger partial charge is 0.161 e. The van der Waals surface area contributed by atoms with Crippen LogP contribution in [0.2, 0.25) is 0 Å². The third-order valence-corrected chi connectivity index (χ3v) is 4.34. The normalized spacial score (nSPS) is 22.9. The number of aromatic nitrogens is 2. The topological polar surface area (TPSA) is 64.3 Å². The van der Waals surface area contributed by atoms with Crippen LogP contribution in [-0.2, 0) is 4.74 Å². The average Bonchev–Trinajstić information content (AvgIpc) is 2.41. The number of ether oxygens (including phenoxy) is 1. The Balaban J connectivity index is 2.42. The molecule has 2 rings (SSSR count). The molecule has 1 aromatic rings. The zero-order valence-corrected chi connectivity index (χ0v) is 13.4. The standard InChI is InChI=1S/C14H22N4OS/c1-9-10(2)16-17-13(11(9)12(15)20)18-7-5-6-14(3,8-18)19-4/h5-8H2,1-4H3,(H2,15,20). The molecular weight excluding hydrogens is 272 g/mol. The van der Waals surface area contributed by atoms with E-state index in [0.29, 0.717) is 4.99 Å². The third kappa shape index (κ3) is 2.76. The van der Waals surface area contributed by atoms with Gasteiger partial charge in [-0.05, 0) is 39.2 Å². The maximum Gasteiger partial charge on any atom is 0.161 e. The Morgan fingerprint density at radius 3 is 2.70 bits per heavy atom. The summed E-state index contributed by atoms with van der Waals surface area (Å²) in [6, 6.07) is 0. The Labute approximate surface area is 125 Å². The van der Waals surface area contributed by atoms with E-state index in [1.165, 1.54) is 0 Å². The molecule has 5 nitrogen and oxygen atoms in total. The molecule has 2 heterocycles. The van der Waals surface area contributed by atoms with Gasteiger partial charge in [0, 0.05) is 20.2 Å². The highest BCUT2D eigenvalue weighted by atomic mass is 32.1. The lowest BCUT2D eigenvalue weighted by Crippen LogP contribution is -2.48. The first-order valence-electron chi connectivity index (χ1n) is 6.82. The number of nitrogens with zero attached hydrogens (tertiary/aromatic N) is 3. The molecule has 0 aliphatic carbocycles. The number of anilines is 1. The number of hydrogen-bond acceptors (Lipinski definition) is 5. The molecule has 0 amide bonds. The Morgan fingerprint density at radius 1 is 1.40 bits per heavy atom. The molecular formula is C14H22N4OS. The summed E-state index contributed by atoms with van der Waals surface area (Å²) >= 11 is 5.20. The van der Waals surface area contributed by atoms with Crippen molar-refractivity contribution in [3.8, 4) is 0 Å². The van der Waals surface area contributed by atoms with Crippen LogP contribution in [0.1, 0.15) is 36.6 Å². The quantitative estimate of drug-likeness (QED) is 0.857. The summed E-state index contributed by atoms with van der Waals surface area (Å²) in [5.41, 5.74) is 8.45. The fraction of sp³-hybridized carbons (Fsp3) is 0.643. The maximum atomic E-state index is 5.90. The zero-order valence-electron chi connectivity index (χ0n) is 12.6. The molecule has 0 bridgehead atoms. The van der Waals surface area contributed by atoms with Crippen molar-refractivity contribution in [2.75, 3.05) is 25.1 Å². The highest BCUT2D eigenvalue weighted by Crippen LogP contribution is 2.30. The number of rotatable bonds is 3. The summed E-state index contributed by atoms with van der Waals surface area (Å²) in [7, 11) is 1.75. The highest BCUT2D eigenvalue weighted by Gasteiger charge is 2.33. The number of methoxy groups -OCH3 is 1. The van der Waals surface area contributed by atoms with Gasteiger partial charge in [-0.2, -0.15) is 5.10 Å². The fourth-order valence-corrected chi connectivity index (χ4v) is 2.91. The average molecular weight is 294 g/mol. The lowest BCUT2D eigenvalue weighted by molar-refractivity contribution is -0.00485. The Bertz CT molecular complexity index is 534. The van der Waals surface area contributed by atoms with Crippen molar-refractivity contribution in [2.45, 2.75) is 39.2 Å². The van der Waals surface area contributed by atoms with Gasteiger partial charge < -0.3 is 15.4 Å². The van der Waals surface area contributed by atoms with E-state index in [-0.39, 0.29) is 5.60 Å². The summed E-state index contributed by atoms with van der Waals surface area (Å²) in [6.45, 7) is 7.72. The van der Waals surface area contributed by atoms with Crippen LogP contribution < -0.4 is 10.6 Å². The second-order valence-electron chi connectivity index (χ2n) is 5.65. The van der Waals surface area contributed by atoms with E-state index < -0.39 is 0 Å². The summed E-state index contributed by atoms with van der Waals surface area (Å²) in [5, 5.41) is 8.56. The van der Waals surface area contributed by atoms with Crippen molar-refractivity contribution < 1.29 is 4.74 Å². The van der Waals surface area contributed by atoms with Crippen LogP contribution >= 0.6 is 12.2 Å². The first kappa shape index (κ1) is 15.1. The predicted molar refractivity (Wildman–Crippen MR) is 84.3 cm³/mol. The number of nitrogens with two attached hydrogens (primary N) is 1. The number of aryl methyl sites for hydroxylation is 1. The van der Waals surface area contributed by atoms with E-state index in [4.69, 9.17) is 22.7 Å². The molecule has 2 N–H and O–H groups in total. The van der Waals surface area contributed by atoms with Gasteiger partial charge >= 0.3 is 0 Å². The van der Waals surface area contributed by atoms with Gasteiger partial charge in [0.15, 0.2) is 5.82 Å². The van der Waals surface area contributed by atoms with Gasteiger partial charge in [-0.25, -0.2) is 0 Å². The van der Waals surface area contributed by atoms with E-state index >= 15 is 0 Å². The summed E-state index contributed by atoms with van der Waals surface area (Å²) in [5.74, 6) is 0.781. The third-order valence-electron chi connectivity index (χ3n) is 4.13. The Hall–Kier alpha value is -1.27. The molecule has 1 fully saturated rings. The highest BCUT2D eigenvalue weighted by molar-refractivity contribution is 7.80. The lowest BCUT2D eigenvalue weighted by atomic mass is 9.94. The van der Waals surface area contributed by atoms with E-state index in [1.54, 1.807) is 7.11 Å². The van der Waals surface area contributed by atoms with Gasteiger partial charge in [-0.1, -0.05) is 12.2 Å². The van der Waals surface area contributed by atoms with Crippen molar-refractivity contribution >= 4 is 23.0 Å². The van der Waals surface area contributed by atoms with Crippen molar-refractivity contribution in [1.29, 1.82) is 0 Å². The molecule has 1 atom stereocenters. The molecule has 1 unspecified atom stereocenters. The van der Waals surface area contributed by atoms with Crippen LogP contribution in [0.15, 0.2) is 0 Å². The van der Waals surface area contributed by atoms with E-state index in [2.05, 4.69) is 22.0 Å². The number of thiocarbonyl (C=S) groups is 1. The van der Waals surface area contributed by atoms with Gasteiger partial charge in [0.05, 0.1) is 16.9 Å². The molecule has 0 saturated carbocycles. The minimum atomic E-state index is -0.161. The minimum absolute atomic E-state index is 0.161. The Morgan fingerprint density at radius 2 is 2.10 bits per heavy atom. The molecule has 110 valence electrons. The molecule has 20 heavy (non-hydrogen) atoms. The largest absolute Gasteiger partial charge is 0.389 e. The van der Waals surface area contributed by atoms with Crippen LogP contribution in [-0.4, -0.2) is 41.0 Å². The summed E-state index contributed by atoms with van der Waals surface area (Å²) in [6.07, 6.45) is 2.09. The van der Waals surface area contributed by atoms with Crippen LogP contribution in [0.3, 0.4) is 0 Å². The first-order valence-corrected chi connectivity index (χ1v) is 7.22. The molecule has 0 spiro atoms. The van der Waals surface area contributed by atoms with E-state index in [0.717, 1.165) is 48.6 Å². The van der Waals surface area contributed by atoms with E-state index in [9.17, 15) is 0 Å². The second-order valence-corrected chi connectivity index (χ2v) is 6.09. The van der Waals surface area contributed by atoms with Crippen LogP contribution in [0.25, 0.3) is 0 Å². The van der Waals surface area contributed by atoms with Crippen molar-refractivity contribution in [3.63, 3.8) is 0 Å². The van der Waals surface area contributed by atoms with Crippen LogP contribution in [0, 0.1) is 13.8 Å². The summed E-state index contributed by atoms with van der Waals surface area (Å²) in [4.78, 5) is 2.56. The van der Waals surface area contributed by atoms with Gasteiger partial charge in [-0.15, -0.1) is 5.10 Å². The number of piperidine rings is 1. The molecule has 1 saturated heterocycles. The van der Waals surface area contributed by atoms with Crippen molar-refractivity contribution in [3.05, 3.63) is 16.8 Å². The molecule has 0 radical (unpaired) electrons.